The van der Waals surface area contributed by atoms with Gasteiger partial charge in [0, 0.05) is 28.7 Å². The second kappa shape index (κ2) is 6.06. The maximum atomic E-state index is 12.3. The molecule has 2 aromatic carbocycles. The lowest BCUT2D eigenvalue weighted by atomic mass is 10.1. The first-order chi connectivity index (χ1) is 10.6. The number of rotatable bonds is 4. The van der Waals surface area contributed by atoms with Gasteiger partial charge in [0.15, 0.2) is 0 Å². The molecule has 0 fully saturated rings. The van der Waals surface area contributed by atoms with E-state index in [1.165, 1.54) is 11.1 Å². The van der Waals surface area contributed by atoms with Crippen molar-refractivity contribution in [3.63, 3.8) is 0 Å². The number of carbonyl (C=O) groups excluding carboxylic acids is 1. The Morgan fingerprint density at radius 3 is 2.64 bits per heavy atom. The van der Waals surface area contributed by atoms with Gasteiger partial charge in [-0.05, 0) is 49.6 Å². The normalized spacial score (nSPS) is 10.8. The van der Waals surface area contributed by atoms with E-state index in [-0.39, 0.29) is 5.91 Å². The van der Waals surface area contributed by atoms with E-state index in [1.54, 1.807) is 0 Å². The minimum Gasteiger partial charge on any atom is -0.358 e. The number of aromatic amines is 1. The molecule has 3 nitrogen and oxygen atoms in total. The minimum atomic E-state index is -0.0175. The van der Waals surface area contributed by atoms with Crippen molar-refractivity contribution in [3.05, 3.63) is 70.9 Å². The van der Waals surface area contributed by atoms with E-state index in [0.717, 1.165) is 23.0 Å². The van der Waals surface area contributed by atoms with Crippen LogP contribution >= 0.6 is 0 Å². The molecule has 0 unspecified atom stereocenters. The maximum absolute atomic E-state index is 12.3. The van der Waals surface area contributed by atoms with Crippen LogP contribution in [0.3, 0.4) is 0 Å². The van der Waals surface area contributed by atoms with Crippen molar-refractivity contribution in [2.75, 3.05) is 6.54 Å². The molecule has 1 amide bonds. The molecule has 22 heavy (non-hydrogen) atoms. The predicted molar refractivity (Wildman–Crippen MR) is 90.3 cm³/mol. The Balaban J connectivity index is 1.68. The largest absolute Gasteiger partial charge is 0.358 e. The highest BCUT2D eigenvalue weighted by Crippen LogP contribution is 2.22. The van der Waals surface area contributed by atoms with Gasteiger partial charge in [0.1, 0.15) is 0 Å². The lowest BCUT2D eigenvalue weighted by Gasteiger charge is -2.06. The lowest BCUT2D eigenvalue weighted by Crippen LogP contribution is -2.25. The van der Waals surface area contributed by atoms with E-state index in [2.05, 4.69) is 36.3 Å². The van der Waals surface area contributed by atoms with Crippen LogP contribution in [0.2, 0.25) is 0 Å². The Morgan fingerprint density at radius 1 is 1.09 bits per heavy atom. The summed E-state index contributed by atoms with van der Waals surface area (Å²) in [5, 5.41) is 4.11. The average Bonchev–Trinajstić information content (AvgIpc) is 2.83. The number of hydrogen-bond acceptors (Lipinski definition) is 1. The standard InChI is InChI=1S/C19H20N2O/c1-13-14(2)21-18-9-8-16(12-17(13)18)19(22)20-11-10-15-6-4-3-5-7-15/h3-9,12,21H,10-11H2,1-2H3,(H,20,22). The fourth-order valence-corrected chi connectivity index (χ4v) is 2.67. The molecule has 2 N–H and O–H groups in total. The second-order valence-corrected chi connectivity index (χ2v) is 5.63. The fraction of sp³-hybridized carbons (Fsp3) is 0.211. The zero-order chi connectivity index (χ0) is 15.5. The molecule has 0 saturated heterocycles. The summed E-state index contributed by atoms with van der Waals surface area (Å²) in [5.41, 5.74) is 5.37. The first-order valence-corrected chi connectivity index (χ1v) is 7.56. The van der Waals surface area contributed by atoms with Crippen LogP contribution in [-0.2, 0) is 6.42 Å². The van der Waals surface area contributed by atoms with Gasteiger partial charge in [0.05, 0.1) is 0 Å². The molecule has 112 valence electrons. The van der Waals surface area contributed by atoms with Crippen molar-refractivity contribution >= 4 is 16.8 Å². The Hall–Kier alpha value is -2.55. The molecule has 0 saturated carbocycles. The molecule has 3 rings (SSSR count). The third kappa shape index (κ3) is 2.89. The van der Waals surface area contributed by atoms with Crippen LogP contribution in [0.25, 0.3) is 10.9 Å². The maximum Gasteiger partial charge on any atom is 0.251 e. The van der Waals surface area contributed by atoms with E-state index < -0.39 is 0 Å². The Bertz CT molecular complexity index is 803. The van der Waals surface area contributed by atoms with Gasteiger partial charge >= 0.3 is 0 Å². The van der Waals surface area contributed by atoms with Crippen molar-refractivity contribution in [2.45, 2.75) is 20.3 Å². The zero-order valence-corrected chi connectivity index (χ0v) is 12.9. The van der Waals surface area contributed by atoms with Crippen LogP contribution in [0.5, 0.6) is 0 Å². The molecule has 0 radical (unpaired) electrons. The fourth-order valence-electron chi connectivity index (χ4n) is 2.67. The summed E-state index contributed by atoms with van der Waals surface area (Å²) in [6.45, 7) is 4.77. The number of hydrogen-bond donors (Lipinski definition) is 2. The van der Waals surface area contributed by atoms with Gasteiger partial charge < -0.3 is 10.3 Å². The number of H-pyrrole nitrogens is 1. The third-order valence-corrected chi connectivity index (χ3v) is 4.11. The Kier molecular flexibility index (Phi) is 3.96. The molecule has 3 aromatic rings. The van der Waals surface area contributed by atoms with Gasteiger partial charge in [0.25, 0.3) is 5.91 Å². The van der Waals surface area contributed by atoms with Gasteiger partial charge in [-0.1, -0.05) is 30.3 Å². The van der Waals surface area contributed by atoms with Crippen molar-refractivity contribution in [1.82, 2.24) is 10.3 Å². The van der Waals surface area contributed by atoms with Gasteiger partial charge in [0.2, 0.25) is 0 Å². The van der Waals surface area contributed by atoms with Gasteiger partial charge in [-0.15, -0.1) is 0 Å². The SMILES string of the molecule is Cc1[nH]c2ccc(C(=O)NCCc3ccccc3)cc2c1C. The summed E-state index contributed by atoms with van der Waals surface area (Å²) < 4.78 is 0. The van der Waals surface area contributed by atoms with Crippen molar-refractivity contribution in [3.8, 4) is 0 Å². The summed E-state index contributed by atoms with van der Waals surface area (Å²) in [5.74, 6) is -0.0175. The lowest BCUT2D eigenvalue weighted by molar-refractivity contribution is 0.0954. The molecule has 0 aliphatic heterocycles. The monoisotopic (exact) mass is 292 g/mol. The van der Waals surface area contributed by atoms with E-state index >= 15 is 0 Å². The first-order valence-electron chi connectivity index (χ1n) is 7.56. The molecule has 0 aliphatic carbocycles. The zero-order valence-electron chi connectivity index (χ0n) is 12.9. The molecule has 0 spiro atoms. The molecule has 1 aromatic heterocycles. The van der Waals surface area contributed by atoms with Crippen LogP contribution < -0.4 is 5.32 Å². The first kappa shape index (κ1) is 14.4. The van der Waals surface area contributed by atoms with E-state index in [0.29, 0.717) is 12.1 Å². The summed E-state index contributed by atoms with van der Waals surface area (Å²) in [4.78, 5) is 15.6. The van der Waals surface area contributed by atoms with Crippen LogP contribution in [0.4, 0.5) is 0 Å². The van der Waals surface area contributed by atoms with Crippen LogP contribution in [0.15, 0.2) is 48.5 Å². The van der Waals surface area contributed by atoms with Gasteiger partial charge in [-0.25, -0.2) is 0 Å². The number of carbonyl (C=O) groups is 1. The quantitative estimate of drug-likeness (QED) is 0.755. The molecular weight excluding hydrogens is 272 g/mol. The Labute approximate surface area is 130 Å². The van der Waals surface area contributed by atoms with Crippen LogP contribution in [-0.4, -0.2) is 17.4 Å². The minimum absolute atomic E-state index is 0.0175. The average molecular weight is 292 g/mol. The van der Waals surface area contributed by atoms with Gasteiger partial charge in [-0.2, -0.15) is 0 Å². The highest BCUT2D eigenvalue weighted by atomic mass is 16.1. The molecule has 0 bridgehead atoms. The van der Waals surface area contributed by atoms with Crippen molar-refractivity contribution < 1.29 is 4.79 Å². The number of amides is 1. The Morgan fingerprint density at radius 2 is 1.86 bits per heavy atom. The van der Waals surface area contributed by atoms with E-state index in [9.17, 15) is 4.79 Å². The predicted octanol–water partition coefficient (Wildman–Crippen LogP) is 3.76. The number of aromatic nitrogens is 1. The molecule has 1 heterocycles. The molecule has 0 atom stereocenters. The molecule has 0 aliphatic rings. The van der Waals surface area contributed by atoms with E-state index in [1.807, 2.05) is 36.4 Å². The van der Waals surface area contributed by atoms with Crippen molar-refractivity contribution in [2.24, 2.45) is 0 Å². The molecular formula is C19H20N2O. The smallest absolute Gasteiger partial charge is 0.251 e. The van der Waals surface area contributed by atoms with E-state index in [4.69, 9.17) is 0 Å². The summed E-state index contributed by atoms with van der Waals surface area (Å²) >= 11 is 0. The van der Waals surface area contributed by atoms with Crippen molar-refractivity contribution in [1.29, 1.82) is 0 Å². The number of benzene rings is 2. The molecule has 3 heteroatoms. The summed E-state index contributed by atoms with van der Waals surface area (Å²) in [6, 6.07) is 16.0. The number of aryl methyl sites for hydroxylation is 2. The highest BCUT2D eigenvalue weighted by Gasteiger charge is 2.09. The van der Waals surface area contributed by atoms with Gasteiger partial charge in [-0.3, -0.25) is 4.79 Å². The number of nitrogens with one attached hydrogen (secondary N) is 2. The van der Waals surface area contributed by atoms with Crippen LogP contribution in [0, 0.1) is 13.8 Å². The summed E-state index contributed by atoms with van der Waals surface area (Å²) in [7, 11) is 0. The highest BCUT2D eigenvalue weighted by molar-refractivity contribution is 5.99. The summed E-state index contributed by atoms with van der Waals surface area (Å²) in [6.07, 6.45) is 0.844. The van der Waals surface area contributed by atoms with Crippen LogP contribution in [0.1, 0.15) is 27.2 Å². The third-order valence-electron chi connectivity index (χ3n) is 4.11. The topological polar surface area (TPSA) is 44.9 Å². The second-order valence-electron chi connectivity index (χ2n) is 5.63. The number of fused-ring (bicyclic) bond motifs is 1.